The number of nitrogens with one attached hydrogen (secondary N) is 1. The lowest BCUT2D eigenvalue weighted by molar-refractivity contribution is -0.383. The Hall–Kier alpha value is -2.45. The quantitative estimate of drug-likeness (QED) is 0.467. The highest BCUT2D eigenvalue weighted by Gasteiger charge is 2.57. The number of nitrogens with zero attached hydrogens (tertiary/aromatic N) is 2. The first-order valence-corrected chi connectivity index (χ1v) is 10.0. The Morgan fingerprint density at radius 3 is 2.81 bits per heavy atom. The highest BCUT2D eigenvalue weighted by Crippen LogP contribution is 2.56. The van der Waals surface area contributed by atoms with Crippen LogP contribution in [0.15, 0.2) is 35.0 Å². The zero-order valence-corrected chi connectivity index (χ0v) is 15.7. The Morgan fingerprint density at radius 1 is 1.37 bits per heavy atom. The Morgan fingerprint density at radius 2 is 2.15 bits per heavy atom. The number of rotatable bonds is 5. The van der Waals surface area contributed by atoms with E-state index < -0.39 is 4.92 Å². The molecule has 27 heavy (non-hydrogen) atoms. The second-order valence-corrected chi connectivity index (χ2v) is 8.21. The number of nitrogen functional groups attached to an aromatic ring is 1. The normalized spacial score (nSPS) is 20.4. The maximum atomic E-state index is 13.3. The average molecular weight is 386 g/mol. The van der Waals surface area contributed by atoms with Crippen molar-refractivity contribution in [1.82, 2.24) is 10.2 Å². The maximum Gasteiger partial charge on any atom is 0.292 e. The number of benzene rings is 1. The predicted molar refractivity (Wildman–Crippen MR) is 105 cm³/mol. The fourth-order valence-electron chi connectivity index (χ4n) is 4.13. The minimum Gasteiger partial charge on any atom is -0.393 e. The number of thiophene rings is 1. The van der Waals surface area contributed by atoms with Gasteiger partial charge in [-0.2, -0.15) is 11.3 Å². The molecule has 1 unspecified atom stereocenters. The smallest absolute Gasteiger partial charge is 0.292 e. The molecule has 1 spiro atoms. The van der Waals surface area contributed by atoms with Gasteiger partial charge >= 0.3 is 0 Å². The van der Waals surface area contributed by atoms with Gasteiger partial charge < -0.3 is 16.0 Å². The van der Waals surface area contributed by atoms with Gasteiger partial charge in [0.05, 0.1) is 4.92 Å². The van der Waals surface area contributed by atoms with Gasteiger partial charge in [0, 0.05) is 24.2 Å². The molecule has 2 heterocycles. The number of piperidine rings is 1. The third kappa shape index (κ3) is 3.42. The number of amides is 1. The van der Waals surface area contributed by atoms with Crippen LogP contribution in [0, 0.1) is 15.5 Å². The SMILES string of the molecule is Nc1ccc(C(=O)N(Cc2ccsc2)C2CC23CCNCC3)cc1[N+](=O)[O-]. The van der Waals surface area contributed by atoms with E-state index in [-0.39, 0.29) is 28.7 Å². The van der Waals surface area contributed by atoms with E-state index in [0.29, 0.717) is 12.1 Å². The van der Waals surface area contributed by atoms with Crippen molar-refractivity contribution in [3.05, 3.63) is 56.3 Å². The summed E-state index contributed by atoms with van der Waals surface area (Å²) in [5.41, 5.74) is 7.15. The molecule has 1 aromatic heterocycles. The number of hydrogen-bond acceptors (Lipinski definition) is 6. The number of carbonyl (C=O) groups excluding carboxylic acids is 1. The zero-order valence-electron chi connectivity index (χ0n) is 14.9. The number of nitro benzene ring substituents is 1. The Bertz CT molecular complexity index is 862. The minimum atomic E-state index is -0.541. The third-order valence-corrected chi connectivity index (χ3v) is 6.52. The Kier molecular flexibility index (Phi) is 4.61. The molecule has 1 saturated carbocycles. The number of carbonyl (C=O) groups is 1. The molecule has 1 atom stereocenters. The zero-order chi connectivity index (χ0) is 19.0. The summed E-state index contributed by atoms with van der Waals surface area (Å²) >= 11 is 1.60. The van der Waals surface area contributed by atoms with Crippen LogP contribution in [0.5, 0.6) is 0 Å². The Balaban J connectivity index is 1.63. The van der Waals surface area contributed by atoms with Gasteiger partial charge in [-0.15, -0.1) is 0 Å². The second kappa shape index (κ2) is 6.94. The third-order valence-electron chi connectivity index (χ3n) is 5.79. The van der Waals surface area contributed by atoms with Crippen LogP contribution in [0.1, 0.15) is 35.2 Å². The van der Waals surface area contributed by atoms with Crippen LogP contribution in [-0.4, -0.2) is 34.9 Å². The van der Waals surface area contributed by atoms with Crippen molar-refractivity contribution < 1.29 is 9.72 Å². The standard InChI is InChI=1S/C19H22N4O3S/c20-15-2-1-14(9-16(15)23(25)26)18(24)22(11-13-3-8-27-12-13)17-10-19(17)4-6-21-7-5-19/h1-3,8-9,12,17,21H,4-7,10-11,20H2. The predicted octanol–water partition coefficient (Wildman–Crippen LogP) is 3.02. The lowest BCUT2D eigenvalue weighted by atomic mass is 9.93. The molecule has 7 nitrogen and oxygen atoms in total. The first kappa shape index (κ1) is 17.9. The average Bonchev–Trinajstić information content (AvgIpc) is 3.09. The summed E-state index contributed by atoms with van der Waals surface area (Å²) in [4.78, 5) is 25.9. The van der Waals surface area contributed by atoms with Gasteiger partial charge in [0.25, 0.3) is 11.6 Å². The van der Waals surface area contributed by atoms with Gasteiger partial charge in [-0.3, -0.25) is 14.9 Å². The lowest BCUT2D eigenvalue weighted by Crippen LogP contribution is -2.39. The van der Waals surface area contributed by atoms with E-state index in [4.69, 9.17) is 5.73 Å². The van der Waals surface area contributed by atoms with Gasteiger partial charge in [-0.25, -0.2) is 0 Å². The monoisotopic (exact) mass is 386 g/mol. The van der Waals surface area contributed by atoms with Crippen LogP contribution >= 0.6 is 11.3 Å². The highest BCUT2D eigenvalue weighted by molar-refractivity contribution is 7.07. The number of hydrogen-bond donors (Lipinski definition) is 2. The van der Waals surface area contributed by atoms with Gasteiger partial charge in [-0.05, 0) is 72.3 Å². The van der Waals surface area contributed by atoms with E-state index in [0.717, 1.165) is 37.9 Å². The molecule has 0 bridgehead atoms. The fraction of sp³-hybridized carbons (Fsp3) is 0.421. The number of nitrogens with two attached hydrogens (primary N) is 1. The van der Waals surface area contributed by atoms with Crippen LogP contribution < -0.4 is 11.1 Å². The summed E-state index contributed by atoms with van der Waals surface area (Å²) in [5, 5.41) is 18.6. The fourth-order valence-corrected chi connectivity index (χ4v) is 4.79. The van der Waals surface area contributed by atoms with Crippen molar-refractivity contribution >= 4 is 28.6 Å². The van der Waals surface area contributed by atoms with Crippen molar-refractivity contribution in [3.8, 4) is 0 Å². The highest BCUT2D eigenvalue weighted by atomic mass is 32.1. The van der Waals surface area contributed by atoms with Crippen molar-refractivity contribution in [2.24, 2.45) is 5.41 Å². The van der Waals surface area contributed by atoms with Crippen LogP contribution in [0.25, 0.3) is 0 Å². The molecule has 1 aliphatic carbocycles. The molecule has 0 radical (unpaired) electrons. The molecule has 2 aliphatic rings. The van der Waals surface area contributed by atoms with Gasteiger partial charge in [0.15, 0.2) is 0 Å². The second-order valence-electron chi connectivity index (χ2n) is 7.43. The number of anilines is 1. The number of nitro groups is 1. The van der Waals surface area contributed by atoms with Crippen molar-refractivity contribution in [3.63, 3.8) is 0 Å². The summed E-state index contributed by atoms with van der Waals surface area (Å²) in [6.07, 6.45) is 3.13. The van der Waals surface area contributed by atoms with E-state index in [2.05, 4.69) is 5.32 Å². The molecule has 1 amide bonds. The van der Waals surface area contributed by atoms with Gasteiger partial charge in [0.1, 0.15) is 5.69 Å². The topological polar surface area (TPSA) is 102 Å². The molecule has 2 fully saturated rings. The first-order valence-electron chi connectivity index (χ1n) is 9.07. The molecule has 8 heteroatoms. The molecule has 142 valence electrons. The van der Waals surface area contributed by atoms with Crippen LogP contribution in [0.4, 0.5) is 11.4 Å². The summed E-state index contributed by atoms with van der Waals surface area (Å²) < 4.78 is 0. The minimum absolute atomic E-state index is 0.0715. The molecule has 1 aromatic carbocycles. The summed E-state index contributed by atoms with van der Waals surface area (Å²) in [5.74, 6) is -0.162. The van der Waals surface area contributed by atoms with Crippen LogP contribution in [0.3, 0.4) is 0 Å². The van der Waals surface area contributed by atoms with Crippen molar-refractivity contribution in [2.45, 2.75) is 31.8 Å². The van der Waals surface area contributed by atoms with E-state index >= 15 is 0 Å². The summed E-state index contributed by atoms with van der Waals surface area (Å²) in [7, 11) is 0. The molecule has 2 aromatic rings. The molecule has 1 saturated heterocycles. The largest absolute Gasteiger partial charge is 0.393 e. The van der Waals surface area contributed by atoms with E-state index in [9.17, 15) is 14.9 Å². The van der Waals surface area contributed by atoms with Gasteiger partial charge in [-0.1, -0.05) is 0 Å². The van der Waals surface area contributed by atoms with Crippen molar-refractivity contribution in [2.75, 3.05) is 18.8 Å². The first-order chi connectivity index (χ1) is 13.0. The molecule has 1 aliphatic heterocycles. The molecular formula is C19H22N4O3S. The van der Waals surface area contributed by atoms with Crippen molar-refractivity contribution in [1.29, 1.82) is 0 Å². The molecule has 4 rings (SSSR count). The lowest BCUT2D eigenvalue weighted by Gasteiger charge is -2.29. The van der Waals surface area contributed by atoms with Crippen LogP contribution in [0.2, 0.25) is 0 Å². The van der Waals surface area contributed by atoms with E-state index in [1.165, 1.54) is 12.1 Å². The van der Waals surface area contributed by atoms with Gasteiger partial charge in [0.2, 0.25) is 0 Å². The maximum absolute atomic E-state index is 13.3. The van der Waals surface area contributed by atoms with Crippen LogP contribution in [-0.2, 0) is 6.54 Å². The van der Waals surface area contributed by atoms with E-state index in [1.807, 2.05) is 21.7 Å². The Labute approximate surface area is 161 Å². The van der Waals surface area contributed by atoms with E-state index in [1.54, 1.807) is 17.4 Å². The molecule has 3 N–H and O–H groups in total. The summed E-state index contributed by atoms with van der Waals surface area (Å²) in [6.45, 7) is 2.48. The molecular weight excluding hydrogens is 364 g/mol. The summed E-state index contributed by atoms with van der Waals surface area (Å²) in [6, 6.07) is 6.54.